The number of pyridine rings is 4. The molecule has 3 N–H and O–H groups in total. The number of carbonyl (C=O) groups excluding carboxylic acids is 2. The molecule has 2 aliphatic carbocycles. The number of fused-ring (bicyclic) bond motifs is 2. The summed E-state index contributed by atoms with van der Waals surface area (Å²) in [6, 6.07) is 13.9. The predicted octanol–water partition coefficient (Wildman–Crippen LogP) is 4.39. The molecule has 0 radical (unpaired) electrons. The van der Waals surface area contributed by atoms with Crippen molar-refractivity contribution in [1.82, 2.24) is 59.9 Å². The summed E-state index contributed by atoms with van der Waals surface area (Å²) in [5.74, 6) is 3.59. The first-order valence-corrected chi connectivity index (χ1v) is 25.3. The predicted molar refractivity (Wildman–Crippen MR) is 264 cm³/mol. The van der Waals surface area contributed by atoms with Gasteiger partial charge in [0.15, 0.2) is 0 Å². The fourth-order valence-corrected chi connectivity index (χ4v) is 10.3. The highest BCUT2D eigenvalue weighted by Gasteiger charge is 2.34. The van der Waals surface area contributed by atoms with Crippen LogP contribution >= 0.6 is 0 Å². The monoisotopic (exact) mass is 951 g/mol. The smallest absolute Gasteiger partial charge is 0.241 e. The Hall–Kier alpha value is -6.44. The highest BCUT2D eigenvalue weighted by molar-refractivity contribution is 5.86. The largest absolute Gasteiger partial charge is 0.473 e. The van der Waals surface area contributed by atoms with Crippen molar-refractivity contribution in [2.45, 2.75) is 82.7 Å². The van der Waals surface area contributed by atoms with Gasteiger partial charge in [-0.2, -0.15) is 0 Å². The summed E-state index contributed by atoms with van der Waals surface area (Å²) in [7, 11) is 0. The van der Waals surface area contributed by atoms with Crippen molar-refractivity contribution < 1.29 is 23.8 Å². The van der Waals surface area contributed by atoms with E-state index in [4.69, 9.17) is 39.1 Å². The lowest BCUT2D eigenvalue weighted by Crippen LogP contribution is -2.56. The summed E-state index contributed by atoms with van der Waals surface area (Å²) in [6.07, 6.45) is 12.9. The van der Waals surface area contributed by atoms with Gasteiger partial charge in [-0.1, -0.05) is 0 Å². The SMILES string of the molecule is C[C@@H](Oc1nc(-c2ccc(N3CCN(C4COC4)CC3)nc2)cc2ncn(C3CC3)c12)[C@H]1CNC(=O)C1.C[C@@H](Oc1nc(-c2ccc(N3CCNCC3)nc2)cc2ncn(C3CC3)c12)[C@H]1CNC(=O)C1. The number of hydrogen-bond donors (Lipinski definition) is 3. The molecule has 0 aromatic carbocycles. The Morgan fingerprint density at radius 3 is 1.50 bits per heavy atom. The number of aromatic nitrogens is 8. The van der Waals surface area contributed by atoms with Crippen molar-refractivity contribution in [1.29, 1.82) is 0 Å². The van der Waals surface area contributed by atoms with E-state index in [2.05, 4.69) is 69.0 Å². The fraction of sp³-hybridized carbons (Fsp3) is 0.529. The summed E-state index contributed by atoms with van der Waals surface area (Å²) >= 11 is 0. The van der Waals surface area contributed by atoms with Crippen LogP contribution < -0.4 is 35.2 Å². The molecule has 6 aromatic rings. The van der Waals surface area contributed by atoms with E-state index in [9.17, 15) is 9.59 Å². The van der Waals surface area contributed by atoms with Gasteiger partial charge < -0.3 is 49.1 Å². The van der Waals surface area contributed by atoms with Gasteiger partial charge in [0, 0.05) is 126 Å². The van der Waals surface area contributed by atoms with Gasteiger partial charge in [-0.3, -0.25) is 14.5 Å². The minimum Gasteiger partial charge on any atom is -0.473 e. The minimum absolute atomic E-state index is 0.0833. The second-order valence-electron chi connectivity index (χ2n) is 20.1. The van der Waals surface area contributed by atoms with Crippen LogP contribution in [-0.2, 0) is 14.3 Å². The Bertz CT molecular complexity index is 2850. The Kier molecular flexibility index (Phi) is 12.2. The first kappa shape index (κ1) is 44.7. The number of amides is 2. The van der Waals surface area contributed by atoms with Gasteiger partial charge in [0.25, 0.3) is 0 Å². The van der Waals surface area contributed by atoms with Crippen LogP contribution in [0.1, 0.15) is 64.5 Å². The Morgan fingerprint density at radius 1 is 0.614 bits per heavy atom. The van der Waals surface area contributed by atoms with Crippen molar-refractivity contribution in [2.75, 3.05) is 88.5 Å². The molecule has 5 aliphatic heterocycles. The van der Waals surface area contributed by atoms with E-state index in [0.29, 0.717) is 55.8 Å². The third kappa shape index (κ3) is 9.33. The maximum Gasteiger partial charge on any atom is 0.241 e. The molecule has 7 fully saturated rings. The molecule has 0 spiro atoms. The Balaban J connectivity index is 0.000000145. The number of ether oxygens (including phenoxy) is 3. The zero-order valence-corrected chi connectivity index (χ0v) is 40.0. The molecule has 19 heteroatoms. The van der Waals surface area contributed by atoms with E-state index in [1.807, 2.05) is 51.0 Å². The highest BCUT2D eigenvalue weighted by Crippen LogP contribution is 2.42. The van der Waals surface area contributed by atoms with Crippen molar-refractivity contribution in [3.05, 3.63) is 61.4 Å². The number of hydrogen-bond acceptors (Lipinski definition) is 15. The van der Waals surface area contributed by atoms with E-state index < -0.39 is 0 Å². The molecule has 7 aliphatic rings. The summed E-state index contributed by atoms with van der Waals surface area (Å²) < 4.78 is 22.6. The molecule has 11 heterocycles. The molecule has 2 saturated carbocycles. The van der Waals surface area contributed by atoms with Gasteiger partial charge in [-0.05, 0) is 75.9 Å². The van der Waals surface area contributed by atoms with Crippen LogP contribution in [0.15, 0.2) is 61.4 Å². The quantitative estimate of drug-likeness (QED) is 0.147. The molecule has 5 saturated heterocycles. The van der Waals surface area contributed by atoms with Crippen molar-refractivity contribution >= 4 is 45.5 Å². The van der Waals surface area contributed by atoms with Crippen LogP contribution in [0.2, 0.25) is 0 Å². The molecule has 70 heavy (non-hydrogen) atoms. The number of piperazine rings is 2. The topological polar surface area (TPSA) is 195 Å². The normalized spacial score (nSPS) is 22.9. The van der Waals surface area contributed by atoms with Gasteiger partial charge in [-0.25, -0.2) is 29.9 Å². The van der Waals surface area contributed by atoms with Crippen LogP contribution in [0.4, 0.5) is 11.6 Å². The molecular weight excluding hydrogens is 889 g/mol. The van der Waals surface area contributed by atoms with E-state index >= 15 is 0 Å². The van der Waals surface area contributed by atoms with E-state index in [-0.39, 0.29) is 35.9 Å². The lowest BCUT2D eigenvalue weighted by Gasteiger charge is -2.42. The minimum atomic E-state index is -0.141. The summed E-state index contributed by atoms with van der Waals surface area (Å²) in [6.45, 7) is 15.0. The molecule has 0 bridgehead atoms. The summed E-state index contributed by atoms with van der Waals surface area (Å²) in [5.41, 5.74) is 7.10. The van der Waals surface area contributed by atoms with Crippen LogP contribution in [0.25, 0.3) is 44.6 Å². The maximum absolute atomic E-state index is 11.8. The molecule has 19 nitrogen and oxygen atoms in total. The van der Waals surface area contributed by atoms with Gasteiger partial charge in [0.05, 0.1) is 54.3 Å². The van der Waals surface area contributed by atoms with E-state index in [1.165, 1.54) is 0 Å². The second-order valence-corrected chi connectivity index (χ2v) is 20.1. The van der Waals surface area contributed by atoms with Crippen molar-refractivity contribution in [2.24, 2.45) is 11.8 Å². The maximum atomic E-state index is 11.8. The third-order valence-corrected chi connectivity index (χ3v) is 15.2. The molecule has 366 valence electrons. The lowest BCUT2D eigenvalue weighted by atomic mass is 10.0. The Morgan fingerprint density at radius 2 is 1.10 bits per heavy atom. The van der Waals surface area contributed by atoms with E-state index in [0.717, 1.165) is 147 Å². The molecular formula is C51H62N14O5. The van der Waals surface area contributed by atoms with Gasteiger partial charge in [0.2, 0.25) is 23.6 Å². The van der Waals surface area contributed by atoms with Gasteiger partial charge in [0.1, 0.15) is 34.9 Å². The average Bonchev–Trinajstić information content (AvgIpc) is 4.20. The first-order chi connectivity index (χ1) is 34.3. The number of nitrogens with zero attached hydrogens (tertiary/aromatic N) is 11. The van der Waals surface area contributed by atoms with E-state index in [1.54, 1.807) is 0 Å². The highest BCUT2D eigenvalue weighted by atomic mass is 16.5. The van der Waals surface area contributed by atoms with Crippen molar-refractivity contribution in [3.8, 4) is 34.3 Å². The zero-order chi connectivity index (χ0) is 47.3. The molecule has 4 atom stereocenters. The summed E-state index contributed by atoms with van der Waals surface area (Å²) in [5, 5.41) is 9.19. The third-order valence-electron chi connectivity index (χ3n) is 15.2. The van der Waals surface area contributed by atoms with Gasteiger partial charge >= 0.3 is 0 Å². The van der Waals surface area contributed by atoms with Crippen LogP contribution in [0, 0.1) is 11.8 Å². The van der Waals surface area contributed by atoms with Crippen LogP contribution in [0.3, 0.4) is 0 Å². The zero-order valence-electron chi connectivity index (χ0n) is 40.0. The standard InChI is InChI=1S/C27H33N7O3.C24H29N7O2/c1-17(19-10-25(35)29-13-19)37-27-26-23(30-16-34(26)20-3-4-20)11-22(31-27)18-2-5-24(28-12-18)33-8-6-32(7-9-33)21-14-36-15-21;1-15(17-10-22(32)27-13-17)33-24-23-20(28-14-31(23)18-3-4-18)11-19(29-24)16-2-5-21(26-12-16)30-8-6-25-7-9-30/h2,5,11-12,16-17,19-21H,3-4,6-10,13-15H2,1H3,(H,29,35);2,5,11-12,14-15,17-18,25H,3-4,6-10,13H2,1H3,(H,27,32)/t17-,19-;15-,17-/m11/s1. The van der Waals surface area contributed by atoms with Crippen LogP contribution in [0.5, 0.6) is 11.8 Å². The summed E-state index contributed by atoms with van der Waals surface area (Å²) in [4.78, 5) is 59.4. The number of imidazole rings is 2. The number of nitrogens with one attached hydrogen (secondary N) is 3. The molecule has 2 amide bonds. The number of anilines is 2. The molecule has 6 aromatic heterocycles. The fourth-order valence-electron chi connectivity index (χ4n) is 10.3. The number of rotatable bonds is 13. The van der Waals surface area contributed by atoms with Crippen molar-refractivity contribution in [3.63, 3.8) is 0 Å². The molecule has 0 unspecified atom stereocenters. The first-order valence-electron chi connectivity index (χ1n) is 25.3. The lowest BCUT2D eigenvalue weighted by molar-refractivity contribution is -0.120. The number of carbonyl (C=O) groups is 2. The van der Waals surface area contributed by atoms with Gasteiger partial charge in [-0.15, -0.1) is 0 Å². The molecule has 13 rings (SSSR count). The van der Waals surface area contributed by atoms with Crippen LogP contribution in [-0.4, -0.2) is 153 Å². The Labute approximate surface area is 406 Å². The average molecular weight is 951 g/mol. The second kappa shape index (κ2) is 19.0.